The number of hydrogen-bond donors (Lipinski definition) is 2. The van der Waals surface area contributed by atoms with Gasteiger partial charge in [-0.25, -0.2) is 8.42 Å². The van der Waals surface area contributed by atoms with E-state index < -0.39 is 15.9 Å². The molecule has 0 unspecified atom stereocenters. The zero-order chi connectivity index (χ0) is 16.2. The van der Waals surface area contributed by atoms with Crippen molar-refractivity contribution in [2.45, 2.75) is 32.2 Å². The van der Waals surface area contributed by atoms with Gasteiger partial charge in [0, 0.05) is 13.1 Å². The Morgan fingerprint density at radius 2 is 1.95 bits per heavy atom. The van der Waals surface area contributed by atoms with Crippen LogP contribution in [0, 0.1) is 12.8 Å². The topological polar surface area (TPSA) is 106 Å². The third-order valence-corrected chi connectivity index (χ3v) is 4.97. The molecule has 0 bridgehead atoms. The normalized spacial score (nSPS) is 12.1. The van der Waals surface area contributed by atoms with Crippen LogP contribution in [0.2, 0.25) is 0 Å². The van der Waals surface area contributed by atoms with Crippen LogP contribution in [0.1, 0.15) is 25.0 Å². The number of nitrogens with two attached hydrogens (primary N) is 2. The summed E-state index contributed by atoms with van der Waals surface area (Å²) in [6.45, 7) is 5.74. The first-order chi connectivity index (χ1) is 9.68. The average molecular weight is 313 g/mol. The van der Waals surface area contributed by atoms with Crippen LogP contribution in [0.4, 0.5) is 0 Å². The Bertz CT molecular complexity index is 612. The van der Waals surface area contributed by atoms with Gasteiger partial charge in [0.1, 0.15) is 0 Å². The standard InChI is InChI=1S/C14H23N3O3S/c1-10(2)8-17(9-14(16)18)21(19,20)13-5-4-12(7-15)6-11(13)3/h4-6,10H,7-9,15H2,1-3H3,(H2,16,18). The summed E-state index contributed by atoms with van der Waals surface area (Å²) < 4.78 is 26.6. The number of primary amides is 1. The third-order valence-electron chi connectivity index (χ3n) is 2.99. The van der Waals surface area contributed by atoms with E-state index in [0.717, 1.165) is 9.87 Å². The lowest BCUT2D eigenvalue weighted by molar-refractivity contribution is -0.118. The van der Waals surface area contributed by atoms with Crippen molar-refractivity contribution in [3.05, 3.63) is 29.3 Å². The van der Waals surface area contributed by atoms with E-state index in [1.807, 2.05) is 13.8 Å². The first-order valence-corrected chi connectivity index (χ1v) is 8.20. The van der Waals surface area contributed by atoms with Crippen molar-refractivity contribution in [1.29, 1.82) is 0 Å². The van der Waals surface area contributed by atoms with Crippen LogP contribution in [0.25, 0.3) is 0 Å². The molecule has 7 heteroatoms. The second-order valence-corrected chi connectivity index (χ2v) is 7.37. The van der Waals surface area contributed by atoms with Gasteiger partial charge in [-0.2, -0.15) is 4.31 Å². The average Bonchev–Trinajstić information content (AvgIpc) is 2.36. The number of benzene rings is 1. The van der Waals surface area contributed by atoms with Gasteiger partial charge in [0.05, 0.1) is 11.4 Å². The van der Waals surface area contributed by atoms with Crippen molar-refractivity contribution in [1.82, 2.24) is 4.31 Å². The van der Waals surface area contributed by atoms with Crippen molar-refractivity contribution < 1.29 is 13.2 Å². The maximum Gasteiger partial charge on any atom is 0.243 e. The Morgan fingerprint density at radius 3 is 2.38 bits per heavy atom. The fourth-order valence-electron chi connectivity index (χ4n) is 2.10. The smallest absolute Gasteiger partial charge is 0.243 e. The highest BCUT2D eigenvalue weighted by atomic mass is 32.2. The van der Waals surface area contributed by atoms with Gasteiger partial charge in [-0.1, -0.05) is 26.0 Å². The molecule has 0 spiro atoms. The lowest BCUT2D eigenvalue weighted by Gasteiger charge is -2.23. The van der Waals surface area contributed by atoms with Crippen LogP contribution in [0.3, 0.4) is 0 Å². The van der Waals surface area contributed by atoms with Crippen molar-refractivity contribution >= 4 is 15.9 Å². The molecule has 0 atom stereocenters. The maximum atomic E-state index is 12.7. The van der Waals surface area contributed by atoms with E-state index >= 15 is 0 Å². The molecule has 0 aliphatic rings. The fourth-order valence-corrected chi connectivity index (χ4v) is 3.87. The SMILES string of the molecule is Cc1cc(CN)ccc1S(=O)(=O)N(CC(N)=O)CC(C)C. The number of sulfonamides is 1. The molecule has 0 aromatic heterocycles. The van der Waals surface area contributed by atoms with Gasteiger partial charge in [0.2, 0.25) is 15.9 Å². The number of hydrogen-bond acceptors (Lipinski definition) is 4. The van der Waals surface area contributed by atoms with Crippen LogP contribution in [0.15, 0.2) is 23.1 Å². The molecule has 1 aromatic rings. The van der Waals surface area contributed by atoms with Gasteiger partial charge < -0.3 is 11.5 Å². The van der Waals surface area contributed by atoms with Gasteiger partial charge in [-0.3, -0.25) is 4.79 Å². The number of aryl methyl sites for hydroxylation is 1. The van der Waals surface area contributed by atoms with E-state index in [4.69, 9.17) is 11.5 Å². The number of amides is 1. The number of carbonyl (C=O) groups is 1. The van der Waals surface area contributed by atoms with E-state index in [1.54, 1.807) is 19.1 Å². The van der Waals surface area contributed by atoms with Crippen molar-refractivity contribution in [2.75, 3.05) is 13.1 Å². The molecule has 6 nitrogen and oxygen atoms in total. The highest BCUT2D eigenvalue weighted by Crippen LogP contribution is 2.21. The molecular formula is C14H23N3O3S. The Kier molecular flexibility index (Phi) is 5.88. The minimum Gasteiger partial charge on any atom is -0.369 e. The van der Waals surface area contributed by atoms with Gasteiger partial charge in [-0.05, 0) is 30.0 Å². The van der Waals surface area contributed by atoms with Crippen molar-refractivity contribution in [3.63, 3.8) is 0 Å². The van der Waals surface area contributed by atoms with Gasteiger partial charge >= 0.3 is 0 Å². The first kappa shape index (κ1) is 17.6. The first-order valence-electron chi connectivity index (χ1n) is 6.76. The monoisotopic (exact) mass is 313 g/mol. The molecule has 0 saturated carbocycles. The Balaban J connectivity index is 3.24. The molecular weight excluding hydrogens is 290 g/mol. The summed E-state index contributed by atoms with van der Waals surface area (Å²) >= 11 is 0. The summed E-state index contributed by atoms with van der Waals surface area (Å²) in [6, 6.07) is 4.95. The van der Waals surface area contributed by atoms with Crippen LogP contribution < -0.4 is 11.5 Å². The third kappa shape index (κ3) is 4.52. The molecule has 0 aliphatic heterocycles. The van der Waals surface area contributed by atoms with E-state index in [2.05, 4.69) is 0 Å². The predicted molar refractivity (Wildman–Crippen MR) is 81.9 cm³/mol. The van der Waals surface area contributed by atoms with Crippen molar-refractivity contribution in [3.8, 4) is 0 Å². The fraction of sp³-hybridized carbons (Fsp3) is 0.500. The molecule has 0 radical (unpaired) electrons. The summed E-state index contributed by atoms with van der Waals surface area (Å²) in [5.41, 5.74) is 12.2. The minimum absolute atomic E-state index is 0.0859. The predicted octanol–water partition coefficient (Wildman–Crippen LogP) is 0.586. The highest BCUT2D eigenvalue weighted by Gasteiger charge is 2.27. The van der Waals surface area contributed by atoms with E-state index in [1.165, 1.54) is 6.07 Å². The molecule has 0 aliphatic carbocycles. The van der Waals surface area contributed by atoms with Gasteiger partial charge in [0.25, 0.3) is 0 Å². The second kappa shape index (κ2) is 7.02. The molecule has 21 heavy (non-hydrogen) atoms. The summed E-state index contributed by atoms with van der Waals surface area (Å²) in [5.74, 6) is -0.585. The maximum absolute atomic E-state index is 12.7. The van der Waals surface area contributed by atoms with E-state index in [0.29, 0.717) is 12.1 Å². The summed E-state index contributed by atoms with van der Waals surface area (Å²) in [7, 11) is -3.76. The zero-order valence-electron chi connectivity index (χ0n) is 12.7. The largest absolute Gasteiger partial charge is 0.369 e. The molecule has 0 saturated heterocycles. The lowest BCUT2D eigenvalue weighted by Crippen LogP contribution is -2.40. The van der Waals surface area contributed by atoms with Gasteiger partial charge in [0.15, 0.2) is 0 Å². The highest BCUT2D eigenvalue weighted by molar-refractivity contribution is 7.89. The quantitative estimate of drug-likeness (QED) is 0.768. The zero-order valence-corrected chi connectivity index (χ0v) is 13.5. The molecule has 1 aromatic carbocycles. The summed E-state index contributed by atoms with van der Waals surface area (Å²) in [4.78, 5) is 11.3. The van der Waals surface area contributed by atoms with Gasteiger partial charge in [-0.15, -0.1) is 0 Å². The van der Waals surface area contributed by atoms with E-state index in [9.17, 15) is 13.2 Å². The number of carbonyl (C=O) groups excluding carboxylic acids is 1. The lowest BCUT2D eigenvalue weighted by atomic mass is 10.1. The van der Waals surface area contributed by atoms with Crippen LogP contribution in [-0.2, 0) is 21.4 Å². The Labute approximate surface area is 126 Å². The molecule has 118 valence electrons. The molecule has 4 N–H and O–H groups in total. The molecule has 1 rings (SSSR count). The number of nitrogens with zero attached hydrogens (tertiary/aromatic N) is 1. The second-order valence-electron chi connectivity index (χ2n) is 5.46. The van der Waals surface area contributed by atoms with Crippen LogP contribution in [0.5, 0.6) is 0 Å². The molecule has 0 heterocycles. The van der Waals surface area contributed by atoms with E-state index in [-0.39, 0.29) is 23.9 Å². The Morgan fingerprint density at radius 1 is 1.33 bits per heavy atom. The molecule has 1 amide bonds. The summed E-state index contributed by atoms with van der Waals surface area (Å²) in [6.07, 6.45) is 0. The van der Waals surface area contributed by atoms with Crippen molar-refractivity contribution in [2.24, 2.45) is 17.4 Å². The minimum atomic E-state index is -3.76. The summed E-state index contributed by atoms with van der Waals surface area (Å²) in [5, 5.41) is 0. The van der Waals surface area contributed by atoms with Crippen LogP contribution in [-0.4, -0.2) is 31.7 Å². The Hall–Kier alpha value is -1.44. The number of rotatable bonds is 7. The van der Waals surface area contributed by atoms with Crippen LogP contribution >= 0.6 is 0 Å². The molecule has 0 fully saturated rings.